The lowest BCUT2D eigenvalue weighted by atomic mass is 10.2. The molecule has 1 aromatic heterocycles. The number of nitrogens with one attached hydrogen (secondary N) is 3. The van der Waals surface area contributed by atoms with Crippen LogP contribution in [0.2, 0.25) is 0 Å². The molecule has 0 spiro atoms. The highest BCUT2D eigenvalue weighted by molar-refractivity contribution is 7.90. The average molecular weight is 498 g/mol. The van der Waals surface area contributed by atoms with Crippen molar-refractivity contribution in [3.8, 4) is 0 Å². The number of aromatic nitrogens is 2. The Balaban J connectivity index is 0.000000321. The van der Waals surface area contributed by atoms with Crippen LogP contribution in [-0.4, -0.2) is 38.0 Å². The molecule has 0 bridgehead atoms. The van der Waals surface area contributed by atoms with Crippen molar-refractivity contribution in [3.05, 3.63) is 70.6 Å². The van der Waals surface area contributed by atoms with Gasteiger partial charge in [0.05, 0.1) is 16.8 Å². The Morgan fingerprint density at radius 3 is 2.18 bits per heavy atom. The molecule has 0 fully saturated rings. The third-order valence-electron chi connectivity index (χ3n) is 4.03. The van der Waals surface area contributed by atoms with Gasteiger partial charge < -0.3 is 15.6 Å². The predicted octanol–water partition coefficient (Wildman–Crippen LogP) is 5.37. The Morgan fingerprint density at radius 2 is 1.70 bits per heavy atom. The second kappa shape index (κ2) is 11.1. The summed E-state index contributed by atoms with van der Waals surface area (Å²) >= 11 is 5.18. The van der Waals surface area contributed by atoms with E-state index >= 15 is 0 Å². The second-order valence-electron chi connectivity index (χ2n) is 6.69. The molecule has 0 saturated heterocycles. The van der Waals surface area contributed by atoms with E-state index < -0.39 is 21.6 Å². The van der Waals surface area contributed by atoms with E-state index in [2.05, 4.69) is 25.6 Å². The fraction of sp³-hybridized carbons (Fsp3) is 0.190. The molecule has 0 aliphatic rings. The maximum absolute atomic E-state index is 12.6. The molecule has 1 heterocycles. The Bertz CT molecular complexity index is 1260. The molecule has 0 saturated carbocycles. The molecule has 0 aliphatic heterocycles. The quantitative estimate of drug-likeness (QED) is 0.249. The Labute approximate surface area is 194 Å². The van der Waals surface area contributed by atoms with E-state index in [1.807, 2.05) is 0 Å². The summed E-state index contributed by atoms with van der Waals surface area (Å²) in [5.74, 6) is 1.06. The van der Waals surface area contributed by atoms with Crippen LogP contribution in [0.1, 0.15) is 11.4 Å². The highest BCUT2D eigenvalue weighted by atomic mass is 32.2. The Hall–Kier alpha value is -3.25. The van der Waals surface area contributed by atoms with Crippen LogP contribution in [0.3, 0.4) is 0 Å². The van der Waals surface area contributed by atoms with Gasteiger partial charge in [0.2, 0.25) is 0 Å². The van der Waals surface area contributed by atoms with Crippen LogP contribution in [0, 0.1) is 11.6 Å². The number of H-pyrrole nitrogens is 1. The van der Waals surface area contributed by atoms with Crippen LogP contribution in [0.15, 0.2) is 64.5 Å². The maximum Gasteiger partial charge on any atom is 0.416 e. The summed E-state index contributed by atoms with van der Waals surface area (Å²) < 4.78 is 59.7. The zero-order chi connectivity index (χ0) is 24.6. The molecule has 12 heteroatoms. The summed E-state index contributed by atoms with van der Waals surface area (Å²) in [5, 5.41) is 5.87. The van der Waals surface area contributed by atoms with Gasteiger partial charge in [-0.1, -0.05) is 30.4 Å². The van der Waals surface area contributed by atoms with Crippen molar-refractivity contribution >= 4 is 45.6 Å². The molecule has 176 valence electrons. The van der Waals surface area contributed by atoms with Gasteiger partial charge >= 0.3 is 6.18 Å². The number of hydrogen-bond donors (Lipinski definition) is 3. The third-order valence-corrected chi connectivity index (χ3v) is 5.45. The highest BCUT2D eigenvalue weighted by Crippen LogP contribution is 2.31. The molecular weight excluding hydrogens is 475 g/mol. The van der Waals surface area contributed by atoms with Crippen LogP contribution < -0.4 is 10.6 Å². The molecule has 0 amide bonds. The van der Waals surface area contributed by atoms with Gasteiger partial charge in [-0.3, -0.25) is 4.99 Å². The zero-order valence-corrected chi connectivity index (χ0v) is 19.6. The van der Waals surface area contributed by atoms with Gasteiger partial charge in [-0.15, -0.1) is 0 Å². The number of aromatic amines is 1. The first-order valence-corrected chi connectivity index (χ1v) is 11.7. The van der Waals surface area contributed by atoms with Gasteiger partial charge in [-0.05, 0) is 43.3 Å². The molecular formula is C21H22F3N5O2S2. The van der Waals surface area contributed by atoms with Gasteiger partial charge in [-0.2, -0.15) is 13.2 Å². The SMILES string of the molecule is CN=CNc1c(Nc2ccc(C(F)(F)F)cc2)[nH]c(C)nc1=S.CS(=O)(=O)c1ccccc1. The summed E-state index contributed by atoms with van der Waals surface area (Å²) in [6.07, 6.45) is -1.73. The monoisotopic (exact) mass is 497 g/mol. The molecule has 3 aromatic rings. The molecule has 7 nitrogen and oxygen atoms in total. The second-order valence-corrected chi connectivity index (χ2v) is 9.10. The van der Waals surface area contributed by atoms with E-state index in [1.54, 1.807) is 44.3 Å². The molecule has 0 radical (unpaired) electrons. The third kappa shape index (κ3) is 7.99. The van der Waals surface area contributed by atoms with Crippen molar-refractivity contribution < 1.29 is 21.6 Å². The lowest BCUT2D eigenvalue weighted by molar-refractivity contribution is -0.137. The number of rotatable bonds is 5. The smallest absolute Gasteiger partial charge is 0.341 e. The number of aliphatic imine (C=N–C) groups is 1. The predicted molar refractivity (Wildman–Crippen MR) is 126 cm³/mol. The maximum atomic E-state index is 12.6. The first-order chi connectivity index (χ1) is 15.4. The number of nitrogens with zero attached hydrogens (tertiary/aromatic N) is 2. The van der Waals surface area contributed by atoms with Gasteiger partial charge in [-0.25, -0.2) is 13.4 Å². The minimum absolute atomic E-state index is 0.315. The van der Waals surface area contributed by atoms with E-state index in [1.165, 1.54) is 24.7 Å². The van der Waals surface area contributed by atoms with Crippen molar-refractivity contribution in [2.45, 2.75) is 18.0 Å². The van der Waals surface area contributed by atoms with E-state index in [0.29, 0.717) is 32.6 Å². The number of aryl methyl sites for hydroxylation is 1. The lowest BCUT2D eigenvalue weighted by Crippen LogP contribution is -2.07. The highest BCUT2D eigenvalue weighted by Gasteiger charge is 2.29. The number of anilines is 3. The van der Waals surface area contributed by atoms with Crippen LogP contribution in [0.5, 0.6) is 0 Å². The fourth-order valence-corrected chi connectivity index (χ4v) is 3.45. The van der Waals surface area contributed by atoms with Gasteiger partial charge in [0.25, 0.3) is 0 Å². The van der Waals surface area contributed by atoms with E-state index in [9.17, 15) is 21.6 Å². The van der Waals surface area contributed by atoms with E-state index in [0.717, 1.165) is 12.1 Å². The van der Waals surface area contributed by atoms with Crippen molar-refractivity contribution in [3.63, 3.8) is 0 Å². The lowest BCUT2D eigenvalue weighted by Gasteiger charge is -2.13. The average Bonchev–Trinajstić information content (AvgIpc) is 2.73. The minimum atomic E-state index is -4.37. The number of sulfone groups is 1. The van der Waals surface area contributed by atoms with Crippen molar-refractivity contribution in [1.82, 2.24) is 9.97 Å². The largest absolute Gasteiger partial charge is 0.416 e. The molecule has 3 rings (SSSR count). The molecule has 0 aliphatic carbocycles. The molecule has 33 heavy (non-hydrogen) atoms. The summed E-state index contributed by atoms with van der Waals surface area (Å²) in [6.45, 7) is 1.73. The van der Waals surface area contributed by atoms with E-state index in [-0.39, 0.29) is 0 Å². The zero-order valence-electron chi connectivity index (χ0n) is 17.9. The van der Waals surface area contributed by atoms with Crippen molar-refractivity contribution in [2.75, 3.05) is 23.9 Å². The number of halogens is 3. The van der Waals surface area contributed by atoms with E-state index in [4.69, 9.17) is 12.2 Å². The van der Waals surface area contributed by atoms with Crippen LogP contribution >= 0.6 is 12.2 Å². The first kappa shape index (κ1) is 26.0. The summed E-state index contributed by atoms with van der Waals surface area (Å²) in [4.78, 5) is 11.3. The van der Waals surface area contributed by atoms with Gasteiger partial charge in [0.1, 0.15) is 17.3 Å². The van der Waals surface area contributed by atoms with Gasteiger partial charge in [0.15, 0.2) is 14.5 Å². The normalized spacial score (nSPS) is 11.6. The van der Waals surface area contributed by atoms with Gasteiger partial charge in [0, 0.05) is 19.0 Å². The first-order valence-electron chi connectivity index (χ1n) is 9.39. The molecule has 0 atom stereocenters. The summed E-state index contributed by atoms with van der Waals surface area (Å²) in [6, 6.07) is 13.0. The van der Waals surface area contributed by atoms with Crippen LogP contribution in [0.25, 0.3) is 0 Å². The van der Waals surface area contributed by atoms with Crippen molar-refractivity contribution in [1.29, 1.82) is 0 Å². The molecule has 0 unspecified atom stereocenters. The number of alkyl halides is 3. The summed E-state index contributed by atoms with van der Waals surface area (Å²) in [5.41, 5.74) is 0.250. The topological polar surface area (TPSA) is 99.2 Å². The summed E-state index contributed by atoms with van der Waals surface area (Å²) in [7, 11) is -1.42. The fourth-order valence-electron chi connectivity index (χ4n) is 2.50. The standard InChI is InChI=1S/C14H14F3N5S.C7H8O2S/c1-8-20-12(11(13(23)21-8)19-7-18-2)22-10-5-3-9(4-6-10)14(15,16)17;1-10(8,9)7-5-3-2-4-6-7/h3-7H,1-2H3,(H,18,19)(H2,20,21,22,23);2-6H,1H3. The van der Waals surface area contributed by atoms with Crippen LogP contribution in [0.4, 0.5) is 30.4 Å². The molecule has 2 aromatic carbocycles. The Morgan fingerprint density at radius 1 is 1.09 bits per heavy atom. The Kier molecular flexibility index (Phi) is 8.71. The van der Waals surface area contributed by atoms with Crippen molar-refractivity contribution in [2.24, 2.45) is 4.99 Å². The minimum Gasteiger partial charge on any atom is -0.341 e. The number of hydrogen-bond acceptors (Lipinski definition) is 6. The molecule has 3 N–H and O–H groups in total. The number of benzene rings is 2. The van der Waals surface area contributed by atoms with Crippen LogP contribution in [-0.2, 0) is 16.0 Å².